The molecule has 144 valence electrons. The molecule has 26 heavy (non-hydrogen) atoms. The fourth-order valence-corrected chi connectivity index (χ4v) is 10.9. The van der Waals surface area contributed by atoms with Gasteiger partial charge in [0, 0.05) is 17.0 Å². The molecule has 1 atom stereocenters. The van der Waals surface area contributed by atoms with Crippen LogP contribution < -0.4 is 0 Å². The van der Waals surface area contributed by atoms with E-state index in [0.717, 1.165) is 64.2 Å². The molecule has 0 aromatic carbocycles. The molecule has 3 aliphatic rings. The minimum Gasteiger partial charge on any atom is -0.424 e. The second-order valence-electron chi connectivity index (χ2n) is 8.38. The molecule has 5 nitrogen and oxygen atoms in total. The highest BCUT2D eigenvalue weighted by molar-refractivity contribution is 7.66. The Labute approximate surface area is 157 Å². The van der Waals surface area contributed by atoms with Gasteiger partial charge in [-0.25, -0.2) is 9.79 Å². The van der Waals surface area contributed by atoms with Crippen LogP contribution in [0.2, 0.25) is 0 Å². The molecule has 1 unspecified atom stereocenters. The van der Waals surface area contributed by atoms with Crippen LogP contribution in [0, 0.1) is 11.5 Å². The summed E-state index contributed by atoms with van der Waals surface area (Å²) >= 11 is 0. The molecule has 0 bridgehead atoms. The maximum atomic E-state index is 14.6. The minimum atomic E-state index is -2.32. The highest BCUT2D eigenvalue weighted by Crippen LogP contribution is 2.68. The Morgan fingerprint density at radius 3 is 1.88 bits per heavy atom. The van der Waals surface area contributed by atoms with Gasteiger partial charge >= 0.3 is 0 Å². The maximum absolute atomic E-state index is 14.6. The molecule has 0 saturated heterocycles. The minimum absolute atomic E-state index is 0.0220. The van der Waals surface area contributed by atoms with Crippen LogP contribution in [0.25, 0.3) is 0 Å². The molecule has 0 radical (unpaired) electrons. The Hall–Kier alpha value is -1.10. The Bertz CT molecular complexity index is 589. The monoisotopic (exact) mass is 378 g/mol. The largest absolute Gasteiger partial charge is 0.424 e. The van der Waals surface area contributed by atoms with Crippen LogP contribution >= 0.6 is 7.14 Å². The number of ether oxygens (including phenoxy) is 1. The number of rotatable bonds is 5. The number of hydrogen-bond acceptors (Lipinski definition) is 5. The molecular formula is C20H31N2O3P. The van der Waals surface area contributed by atoms with E-state index in [1.807, 2.05) is 6.26 Å². The van der Waals surface area contributed by atoms with Crippen molar-refractivity contribution in [3.8, 4) is 6.26 Å². The van der Waals surface area contributed by atoms with Crippen molar-refractivity contribution < 1.29 is 14.1 Å². The summed E-state index contributed by atoms with van der Waals surface area (Å²) in [4.78, 5) is 14.5. The van der Waals surface area contributed by atoms with Crippen LogP contribution in [-0.2, 0) is 14.1 Å². The second kappa shape index (κ2) is 9.20. The van der Waals surface area contributed by atoms with Crippen molar-refractivity contribution in [3.63, 3.8) is 0 Å². The van der Waals surface area contributed by atoms with E-state index in [1.54, 1.807) is 6.08 Å². The topological polar surface area (TPSA) is 79.5 Å². The molecule has 0 aliphatic heterocycles. The molecule has 0 spiro atoms. The molecule has 0 aromatic rings. The van der Waals surface area contributed by atoms with Crippen molar-refractivity contribution in [2.45, 2.75) is 113 Å². The van der Waals surface area contributed by atoms with E-state index >= 15 is 0 Å². The molecule has 0 aromatic heterocycles. The van der Waals surface area contributed by atoms with Crippen molar-refractivity contribution in [3.05, 3.63) is 0 Å². The molecule has 3 aliphatic carbocycles. The quantitative estimate of drug-likeness (QED) is 0.287. The predicted molar refractivity (Wildman–Crippen MR) is 101 cm³/mol. The van der Waals surface area contributed by atoms with Gasteiger partial charge in [0.2, 0.25) is 6.08 Å². The van der Waals surface area contributed by atoms with Gasteiger partial charge in [0.25, 0.3) is 6.26 Å². The maximum Gasteiger partial charge on any atom is 0.286 e. The third-order valence-electron chi connectivity index (χ3n) is 7.05. The lowest BCUT2D eigenvalue weighted by Crippen LogP contribution is -2.35. The number of isocyanates is 1. The predicted octanol–water partition coefficient (Wildman–Crippen LogP) is 5.14. The van der Waals surface area contributed by atoms with Gasteiger partial charge in [0.1, 0.15) is 6.10 Å². The Morgan fingerprint density at radius 1 is 0.808 bits per heavy atom. The van der Waals surface area contributed by atoms with Gasteiger partial charge in [0.15, 0.2) is 0 Å². The molecule has 0 heterocycles. The summed E-state index contributed by atoms with van der Waals surface area (Å²) in [6, 6.07) is 0.0864. The fraction of sp³-hybridized carbons (Fsp3) is 0.900. The van der Waals surface area contributed by atoms with E-state index in [-0.39, 0.29) is 12.1 Å². The average Bonchev–Trinajstić information content (AvgIpc) is 2.70. The lowest BCUT2D eigenvalue weighted by Gasteiger charge is -2.45. The van der Waals surface area contributed by atoms with E-state index in [9.17, 15) is 9.36 Å². The van der Waals surface area contributed by atoms with Crippen LogP contribution in [0.15, 0.2) is 4.99 Å². The molecule has 0 amide bonds. The van der Waals surface area contributed by atoms with Crippen LogP contribution in [0.1, 0.15) is 83.5 Å². The van der Waals surface area contributed by atoms with Gasteiger partial charge in [0.05, 0.1) is 13.2 Å². The summed E-state index contributed by atoms with van der Waals surface area (Å²) in [6.07, 6.45) is 16.7. The number of aliphatic imine (C=N–C) groups is 1. The van der Waals surface area contributed by atoms with Crippen LogP contribution in [0.4, 0.5) is 0 Å². The van der Waals surface area contributed by atoms with Crippen molar-refractivity contribution in [2.24, 2.45) is 4.99 Å². The SMILES string of the molecule is N#COC1CCC(P(=O)(C2CCCCC2)C2CCC(N=C=O)CC2)CC1. The first kappa shape index (κ1) is 19.7. The lowest BCUT2D eigenvalue weighted by molar-refractivity contribution is 0.120. The van der Waals surface area contributed by atoms with E-state index < -0.39 is 7.14 Å². The normalized spacial score (nSPS) is 35.5. The number of nitrogens with zero attached hydrogens (tertiary/aromatic N) is 2. The Balaban J connectivity index is 1.74. The summed E-state index contributed by atoms with van der Waals surface area (Å²) in [6.45, 7) is 0. The van der Waals surface area contributed by atoms with Crippen LogP contribution in [-0.4, -0.2) is 35.2 Å². The zero-order valence-corrected chi connectivity index (χ0v) is 16.5. The Morgan fingerprint density at radius 2 is 1.35 bits per heavy atom. The van der Waals surface area contributed by atoms with Crippen molar-refractivity contribution in [1.82, 2.24) is 0 Å². The van der Waals surface area contributed by atoms with Gasteiger partial charge in [-0.2, -0.15) is 5.26 Å². The first-order valence-corrected chi connectivity index (χ1v) is 12.3. The highest BCUT2D eigenvalue weighted by Gasteiger charge is 2.48. The number of carbonyl (C=O) groups excluding carboxylic acids is 1. The zero-order valence-electron chi connectivity index (χ0n) is 15.6. The third kappa shape index (κ3) is 4.24. The standard InChI is InChI=1S/C20H31N2O3P/c21-14-25-17-8-12-20(13-9-17)26(24,18-4-2-1-3-5-18)19-10-6-16(7-11-19)22-15-23/h16-20H,1-13H2. The van der Waals surface area contributed by atoms with E-state index in [2.05, 4.69) is 4.99 Å². The van der Waals surface area contributed by atoms with Crippen molar-refractivity contribution in [2.75, 3.05) is 0 Å². The summed E-state index contributed by atoms with van der Waals surface area (Å²) < 4.78 is 19.7. The van der Waals surface area contributed by atoms with Crippen LogP contribution in [0.5, 0.6) is 0 Å². The number of nitriles is 1. The van der Waals surface area contributed by atoms with Crippen molar-refractivity contribution >= 4 is 13.2 Å². The molecule has 3 rings (SSSR count). The second-order valence-corrected chi connectivity index (χ2v) is 12.1. The van der Waals surface area contributed by atoms with Gasteiger partial charge in [-0.05, 0) is 64.2 Å². The molecule has 3 fully saturated rings. The molecule has 3 saturated carbocycles. The first-order valence-electron chi connectivity index (χ1n) is 10.4. The molecule has 0 N–H and O–H groups in total. The van der Waals surface area contributed by atoms with Crippen molar-refractivity contribution in [1.29, 1.82) is 5.26 Å². The van der Waals surface area contributed by atoms with Gasteiger partial charge < -0.3 is 9.30 Å². The molecular weight excluding hydrogens is 347 g/mol. The lowest BCUT2D eigenvalue weighted by atomic mass is 9.95. The van der Waals surface area contributed by atoms with Gasteiger partial charge in [-0.1, -0.05) is 19.3 Å². The van der Waals surface area contributed by atoms with Crippen LogP contribution in [0.3, 0.4) is 0 Å². The first-order chi connectivity index (χ1) is 12.7. The van der Waals surface area contributed by atoms with Gasteiger partial charge in [-0.15, -0.1) is 0 Å². The smallest absolute Gasteiger partial charge is 0.286 e. The fourth-order valence-electron chi connectivity index (χ4n) is 5.69. The summed E-state index contributed by atoms with van der Waals surface area (Å²) in [5.74, 6) is 0. The summed E-state index contributed by atoms with van der Waals surface area (Å²) in [5.41, 5.74) is 1.01. The highest BCUT2D eigenvalue weighted by atomic mass is 31.2. The zero-order chi connectivity index (χ0) is 18.4. The van der Waals surface area contributed by atoms with E-state index in [4.69, 9.17) is 10.00 Å². The number of hydrogen-bond donors (Lipinski definition) is 0. The van der Waals surface area contributed by atoms with E-state index in [1.165, 1.54) is 19.3 Å². The molecule has 6 heteroatoms. The van der Waals surface area contributed by atoms with Gasteiger partial charge in [-0.3, -0.25) is 0 Å². The summed E-state index contributed by atoms with van der Waals surface area (Å²) in [7, 11) is -2.32. The third-order valence-corrected chi connectivity index (χ3v) is 12.0. The average molecular weight is 378 g/mol. The van der Waals surface area contributed by atoms with E-state index in [0.29, 0.717) is 17.0 Å². The Kier molecular flexibility index (Phi) is 6.96. The summed E-state index contributed by atoms with van der Waals surface area (Å²) in [5, 5.41) is 8.76.